The van der Waals surface area contributed by atoms with Crippen LogP contribution in [0.25, 0.3) is 0 Å². The number of ether oxygens (including phenoxy) is 1. The Morgan fingerprint density at radius 2 is 2.30 bits per heavy atom. The number of halogens is 1. The van der Waals surface area contributed by atoms with E-state index in [1.807, 2.05) is 24.3 Å². The van der Waals surface area contributed by atoms with Crippen molar-refractivity contribution in [2.24, 2.45) is 0 Å². The lowest BCUT2D eigenvalue weighted by molar-refractivity contribution is 0.0925. The van der Waals surface area contributed by atoms with Crippen LogP contribution in [0, 0.1) is 0 Å². The minimum Gasteiger partial charge on any atom is -0.380 e. The number of hydrogen-bond donors (Lipinski definition) is 2. The van der Waals surface area contributed by atoms with Crippen LogP contribution in [0.1, 0.15) is 35.7 Å². The van der Waals surface area contributed by atoms with Gasteiger partial charge < -0.3 is 15.4 Å². The molecule has 1 heterocycles. The van der Waals surface area contributed by atoms with Gasteiger partial charge >= 0.3 is 0 Å². The fourth-order valence-corrected chi connectivity index (χ4v) is 2.50. The summed E-state index contributed by atoms with van der Waals surface area (Å²) >= 11 is 0. The predicted molar refractivity (Wildman–Crippen MR) is 82.4 cm³/mol. The van der Waals surface area contributed by atoms with Crippen LogP contribution in [-0.2, 0) is 11.3 Å². The number of carbonyl (C=O) groups excluding carboxylic acids is 1. The zero-order valence-corrected chi connectivity index (χ0v) is 12.8. The smallest absolute Gasteiger partial charge is 0.251 e. The maximum Gasteiger partial charge on any atom is 0.251 e. The van der Waals surface area contributed by atoms with Crippen molar-refractivity contribution >= 4 is 18.3 Å². The number of carbonyl (C=O) groups is 1. The van der Waals surface area contributed by atoms with Gasteiger partial charge in [-0.1, -0.05) is 12.1 Å². The van der Waals surface area contributed by atoms with Gasteiger partial charge in [-0.15, -0.1) is 12.4 Å². The van der Waals surface area contributed by atoms with E-state index in [-0.39, 0.29) is 24.4 Å². The van der Waals surface area contributed by atoms with Gasteiger partial charge in [0, 0.05) is 24.8 Å². The predicted octanol–water partition coefficient (Wildman–Crippen LogP) is 2.13. The third kappa shape index (κ3) is 4.78. The average molecular weight is 299 g/mol. The highest BCUT2D eigenvalue weighted by Gasteiger charge is 2.20. The van der Waals surface area contributed by atoms with E-state index in [0.717, 1.165) is 24.9 Å². The van der Waals surface area contributed by atoms with E-state index in [1.54, 1.807) is 7.11 Å². The van der Waals surface area contributed by atoms with E-state index in [4.69, 9.17) is 4.74 Å². The average Bonchev–Trinajstić information content (AvgIpc) is 2.39. The molecule has 1 aromatic carbocycles. The molecule has 5 heteroatoms. The molecule has 0 bridgehead atoms. The Hall–Kier alpha value is -1.10. The van der Waals surface area contributed by atoms with Crippen molar-refractivity contribution < 1.29 is 9.53 Å². The van der Waals surface area contributed by atoms with Gasteiger partial charge in [0.2, 0.25) is 0 Å². The first-order chi connectivity index (χ1) is 9.19. The largest absolute Gasteiger partial charge is 0.380 e. The van der Waals surface area contributed by atoms with Crippen molar-refractivity contribution in [3.05, 3.63) is 35.4 Å². The summed E-state index contributed by atoms with van der Waals surface area (Å²) in [6, 6.07) is 8.34. The summed E-state index contributed by atoms with van der Waals surface area (Å²) in [4.78, 5) is 12.2. The highest BCUT2D eigenvalue weighted by molar-refractivity contribution is 5.94. The first-order valence-corrected chi connectivity index (χ1v) is 6.81. The van der Waals surface area contributed by atoms with Crippen LogP contribution in [0.3, 0.4) is 0 Å². The zero-order valence-electron chi connectivity index (χ0n) is 12.0. The number of benzene rings is 1. The lowest BCUT2D eigenvalue weighted by Crippen LogP contribution is -2.46. The molecule has 1 amide bonds. The normalized spacial score (nSPS) is 21.9. The summed E-state index contributed by atoms with van der Waals surface area (Å²) < 4.78 is 5.09. The summed E-state index contributed by atoms with van der Waals surface area (Å²) in [6.45, 7) is 3.65. The summed E-state index contributed by atoms with van der Waals surface area (Å²) in [5.74, 6) is 0.0112. The van der Waals surface area contributed by atoms with Crippen molar-refractivity contribution in [3.63, 3.8) is 0 Å². The van der Waals surface area contributed by atoms with Gasteiger partial charge in [-0.2, -0.15) is 0 Å². The van der Waals surface area contributed by atoms with Crippen LogP contribution >= 0.6 is 12.4 Å². The number of methoxy groups -OCH3 is 1. The minimum atomic E-state index is 0. The van der Waals surface area contributed by atoms with Gasteiger partial charge in [-0.05, 0) is 44.0 Å². The van der Waals surface area contributed by atoms with Gasteiger partial charge in [0.1, 0.15) is 0 Å². The van der Waals surface area contributed by atoms with Crippen LogP contribution in [0.15, 0.2) is 24.3 Å². The molecule has 0 spiro atoms. The van der Waals surface area contributed by atoms with Crippen LogP contribution in [-0.4, -0.2) is 31.6 Å². The molecule has 0 saturated carbocycles. The molecule has 1 aromatic rings. The highest BCUT2D eigenvalue weighted by Crippen LogP contribution is 2.11. The van der Waals surface area contributed by atoms with E-state index in [0.29, 0.717) is 18.2 Å². The monoisotopic (exact) mass is 298 g/mol. The maximum atomic E-state index is 12.2. The highest BCUT2D eigenvalue weighted by atomic mass is 35.5. The van der Waals surface area contributed by atoms with E-state index in [1.165, 1.54) is 0 Å². The van der Waals surface area contributed by atoms with Gasteiger partial charge in [-0.3, -0.25) is 4.79 Å². The summed E-state index contributed by atoms with van der Waals surface area (Å²) in [6.07, 6.45) is 1.98. The number of amides is 1. The Bertz CT molecular complexity index is 440. The molecule has 1 saturated heterocycles. The quantitative estimate of drug-likeness (QED) is 0.895. The van der Waals surface area contributed by atoms with E-state index in [2.05, 4.69) is 17.6 Å². The molecular formula is C15H23ClN2O2. The first kappa shape index (κ1) is 17.0. The second kappa shape index (κ2) is 8.25. The summed E-state index contributed by atoms with van der Waals surface area (Å²) in [7, 11) is 1.66. The zero-order chi connectivity index (χ0) is 13.7. The molecule has 0 aliphatic carbocycles. The number of rotatable bonds is 4. The van der Waals surface area contributed by atoms with Crippen molar-refractivity contribution in [1.29, 1.82) is 0 Å². The third-order valence-electron chi connectivity index (χ3n) is 3.46. The lowest BCUT2D eigenvalue weighted by atomic mass is 10.00. The van der Waals surface area contributed by atoms with Gasteiger partial charge in [0.05, 0.1) is 6.61 Å². The van der Waals surface area contributed by atoms with Gasteiger partial charge in [0.25, 0.3) is 5.91 Å². The topological polar surface area (TPSA) is 50.4 Å². The van der Waals surface area contributed by atoms with Crippen molar-refractivity contribution in [2.45, 2.75) is 38.5 Å². The molecule has 2 rings (SSSR count). The van der Waals surface area contributed by atoms with Crippen molar-refractivity contribution in [2.75, 3.05) is 13.7 Å². The Morgan fingerprint density at radius 3 is 3.00 bits per heavy atom. The van der Waals surface area contributed by atoms with Crippen LogP contribution in [0.5, 0.6) is 0 Å². The molecule has 0 aromatic heterocycles. The molecule has 112 valence electrons. The molecule has 1 fully saturated rings. The Morgan fingerprint density at radius 1 is 1.50 bits per heavy atom. The Balaban J connectivity index is 0.00000200. The standard InChI is InChI=1S/C15H22N2O2.ClH/c1-11-8-14(6-7-16-11)17-15(18)13-5-3-4-12(9-13)10-19-2;/h3-5,9,11,14,16H,6-8,10H2,1-2H3,(H,17,18);1H. The molecule has 2 unspecified atom stereocenters. The fraction of sp³-hybridized carbons (Fsp3) is 0.533. The van der Waals surface area contributed by atoms with Gasteiger partial charge in [-0.25, -0.2) is 0 Å². The van der Waals surface area contributed by atoms with Crippen molar-refractivity contribution in [1.82, 2.24) is 10.6 Å². The Labute approximate surface area is 126 Å². The SMILES string of the molecule is COCc1cccc(C(=O)NC2CCNC(C)C2)c1.Cl. The molecule has 4 nitrogen and oxygen atoms in total. The van der Waals surface area contributed by atoms with E-state index in [9.17, 15) is 4.79 Å². The van der Waals surface area contributed by atoms with Gasteiger partial charge in [0.15, 0.2) is 0 Å². The maximum absolute atomic E-state index is 12.2. The molecule has 2 atom stereocenters. The van der Waals surface area contributed by atoms with Crippen LogP contribution in [0.2, 0.25) is 0 Å². The lowest BCUT2D eigenvalue weighted by Gasteiger charge is -2.28. The number of piperidine rings is 1. The Kier molecular flexibility index (Phi) is 6.99. The molecule has 1 aliphatic heterocycles. The molecular weight excluding hydrogens is 276 g/mol. The number of nitrogens with one attached hydrogen (secondary N) is 2. The third-order valence-corrected chi connectivity index (χ3v) is 3.46. The van der Waals surface area contributed by atoms with Crippen LogP contribution in [0.4, 0.5) is 0 Å². The van der Waals surface area contributed by atoms with E-state index < -0.39 is 0 Å². The van der Waals surface area contributed by atoms with Crippen molar-refractivity contribution in [3.8, 4) is 0 Å². The number of hydrogen-bond acceptors (Lipinski definition) is 3. The van der Waals surface area contributed by atoms with Crippen LogP contribution < -0.4 is 10.6 Å². The second-order valence-corrected chi connectivity index (χ2v) is 5.18. The summed E-state index contributed by atoms with van der Waals surface area (Å²) in [5.41, 5.74) is 1.73. The molecule has 20 heavy (non-hydrogen) atoms. The fourth-order valence-electron chi connectivity index (χ4n) is 2.50. The first-order valence-electron chi connectivity index (χ1n) is 6.81. The van der Waals surface area contributed by atoms with E-state index >= 15 is 0 Å². The minimum absolute atomic E-state index is 0. The summed E-state index contributed by atoms with van der Waals surface area (Å²) in [5, 5.41) is 6.50. The molecule has 2 N–H and O–H groups in total. The molecule has 0 radical (unpaired) electrons. The second-order valence-electron chi connectivity index (χ2n) is 5.18. The molecule has 1 aliphatic rings.